The Balaban J connectivity index is 2.67. The Bertz CT molecular complexity index is 190. The van der Waals surface area contributed by atoms with Gasteiger partial charge in [0.2, 0.25) is 0 Å². The van der Waals surface area contributed by atoms with Crippen LogP contribution in [0.25, 0.3) is 0 Å². The highest BCUT2D eigenvalue weighted by Gasteiger charge is 2.51. The molecule has 0 aromatic carbocycles. The Hall–Kier alpha value is -0.550. The van der Waals surface area contributed by atoms with Crippen LogP contribution in [-0.2, 0) is 0 Å². The zero-order valence-corrected chi connectivity index (χ0v) is 7.81. The van der Waals surface area contributed by atoms with E-state index in [1.165, 1.54) is 0 Å². The van der Waals surface area contributed by atoms with Gasteiger partial charge in [-0.2, -0.15) is 5.26 Å². The average Bonchev–Trinajstić information content (AvgIpc) is 1.81. The van der Waals surface area contributed by atoms with Crippen LogP contribution >= 0.6 is 0 Å². The summed E-state index contributed by atoms with van der Waals surface area (Å²) >= 11 is 0. The molecule has 0 aliphatic heterocycles. The van der Waals surface area contributed by atoms with E-state index < -0.39 is 0 Å². The summed E-state index contributed by atoms with van der Waals surface area (Å²) in [6.07, 6.45) is 2.01. The smallest absolute Gasteiger partial charge is 0.109 e. The highest BCUT2D eigenvalue weighted by molar-refractivity contribution is 5.18. The van der Waals surface area contributed by atoms with Crippen molar-refractivity contribution in [3.8, 4) is 6.07 Å². The van der Waals surface area contributed by atoms with E-state index in [-0.39, 0.29) is 5.54 Å². The van der Waals surface area contributed by atoms with E-state index in [0.29, 0.717) is 5.41 Å². The lowest BCUT2D eigenvalue weighted by molar-refractivity contribution is 0.00110. The molecule has 1 aliphatic carbocycles. The molecule has 1 rings (SSSR count). The van der Waals surface area contributed by atoms with Gasteiger partial charge in [-0.05, 0) is 32.4 Å². The molecule has 0 N–H and O–H groups in total. The fraction of sp³-hybridized carbons (Fsp3) is 0.889. The molecule has 2 nitrogen and oxygen atoms in total. The monoisotopic (exact) mass is 152 g/mol. The normalized spacial score (nSPS) is 25.8. The second-order valence-corrected chi connectivity index (χ2v) is 4.56. The number of hydrogen-bond donors (Lipinski definition) is 0. The second-order valence-electron chi connectivity index (χ2n) is 4.56. The topological polar surface area (TPSA) is 27.0 Å². The number of hydrogen-bond acceptors (Lipinski definition) is 2. The Morgan fingerprint density at radius 3 is 1.82 bits per heavy atom. The SMILES string of the molecule is CN(C)C1(C#N)CC(C)(C)C1. The Labute approximate surface area is 68.8 Å². The summed E-state index contributed by atoms with van der Waals surface area (Å²) in [5, 5.41) is 8.95. The zero-order chi connectivity index (χ0) is 8.70. The average molecular weight is 152 g/mol. The first-order chi connectivity index (χ1) is 4.92. The molecule has 1 aliphatic rings. The van der Waals surface area contributed by atoms with Gasteiger partial charge in [-0.3, -0.25) is 4.90 Å². The molecular weight excluding hydrogens is 136 g/mol. The van der Waals surface area contributed by atoms with Gasteiger partial charge in [-0.1, -0.05) is 13.8 Å². The Morgan fingerprint density at radius 1 is 1.27 bits per heavy atom. The summed E-state index contributed by atoms with van der Waals surface area (Å²) in [5.74, 6) is 0. The largest absolute Gasteiger partial charge is 0.292 e. The van der Waals surface area contributed by atoms with Gasteiger partial charge in [0.05, 0.1) is 6.07 Å². The molecule has 1 fully saturated rings. The summed E-state index contributed by atoms with van der Waals surface area (Å²) in [6, 6.07) is 2.40. The quantitative estimate of drug-likeness (QED) is 0.571. The van der Waals surface area contributed by atoms with E-state index >= 15 is 0 Å². The van der Waals surface area contributed by atoms with Crippen molar-refractivity contribution in [3.05, 3.63) is 0 Å². The van der Waals surface area contributed by atoms with Crippen molar-refractivity contribution in [2.75, 3.05) is 14.1 Å². The van der Waals surface area contributed by atoms with Crippen LogP contribution in [0.1, 0.15) is 26.7 Å². The molecule has 0 spiro atoms. The van der Waals surface area contributed by atoms with Crippen LogP contribution in [-0.4, -0.2) is 24.5 Å². The van der Waals surface area contributed by atoms with E-state index in [0.717, 1.165) is 12.8 Å². The molecule has 11 heavy (non-hydrogen) atoms. The number of rotatable bonds is 1. The lowest BCUT2D eigenvalue weighted by Gasteiger charge is -2.52. The van der Waals surface area contributed by atoms with Crippen molar-refractivity contribution in [2.24, 2.45) is 5.41 Å². The van der Waals surface area contributed by atoms with Gasteiger partial charge in [-0.15, -0.1) is 0 Å². The predicted octanol–water partition coefficient (Wildman–Crippen LogP) is 1.63. The first-order valence-electron chi connectivity index (χ1n) is 4.01. The van der Waals surface area contributed by atoms with Gasteiger partial charge in [0.25, 0.3) is 0 Å². The first kappa shape index (κ1) is 8.55. The maximum Gasteiger partial charge on any atom is 0.109 e. The number of nitriles is 1. The number of nitrogens with zero attached hydrogens (tertiary/aromatic N) is 2. The molecule has 2 heteroatoms. The molecule has 0 bridgehead atoms. The first-order valence-corrected chi connectivity index (χ1v) is 4.01. The molecule has 62 valence electrons. The van der Waals surface area contributed by atoms with Crippen molar-refractivity contribution in [3.63, 3.8) is 0 Å². The third-order valence-corrected chi connectivity index (χ3v) is 2.61. The minimum Gasteiger partial charge on any atom is -0.292 e. The molecule has 0 amide bonds. The molecule has 0 heterocycles. The molecule has 1 saturated carbocycles. The van der Waals surface area contributed by atoms with Crippen molar-refractivity contribution in [2.45, 2.75) is 32.2 Å². The van der Waals surface area contributed by atoms with Gasteiger partial charge in [-0.25, -0.2) is 0 Å². The zero-order valence-electron chi connectivity index (χ0n) is 7.81. The standard InChI is InChI=1S/C9H16N2/c1-8(2)5-9(6-8,7-10)11(3)4/h5-6H2,1-4H3. The molecule has 0 unspecified atom stereocenters. The minimum atomic E-state index is -0.163. The van der Waals surface area contributed by atoms with E-state index in [1.54, 1.807) is 0 Å². The lowest BCUT2D eigenvalue weighted by atomic mass is 9.59. The molecule has 0 saturated heterocycles. The van der Waals surface area contributed by atoms with E-state index in [2.05, 4.69) is 19.9 Å². The third kappa shape index (κ3) is 1.25. The lowest BCUT2D eigenvalue weighted by Crippen LogP contribution is -2.56. The Kier molecular flexibility index (Phi) is 1.72. The molecule has 0 aromatic rings. The molecular formula is C9H16N2. The molecule has 0 aromatic heterocycles. The van der Waals surface area contributed by atoms with Gasteiger partial charge in [0.15, 0.2) is 0 Å². The van der Waals surface area contributed by atoms with Crippen molar-refractivity contribution >= 4 is 0 Å². The predicted molar refractivity (Wildman–Crippen MR) is 45.0 cm³/mol. The van der Waals surface area contributed by atoms with Gasteiger partial charge >= 0.3 is 0 Å². The molecule has 0 radical (unpaired) electrons. The summed E-state index contributed by atoms with van der Waals surface area (Å²) < 4.78 is 0. The van der Waals surface area contributed by atoms with Crippen LogP contribution in [0.5, 0.6) is 0 Å². The maximum atomic E-state index is 8.95. The highest BCUT2D eigenvalue weighted by atomic mass is 15.2. The summed E-state index contributed by atoms with van der Waals surface area (Å²) in [6.45, 7) is 4.43. The third-order valence-electron chi connectivity index (χ3n) is 2.61. The van der Waals surface area contributed by atoms with Crippen molar-refractivity contribution in [1.29, 1.82) is 5.26 Å². The van der Waals surface area contributed by atoms with Gasteiger partial charge < -0.3 is 0 Å². The fourth-order valence-electron chi connectivity index (χ4n) is 2.03. The van der Waals surface area contributed by atoms with Crippen molar-refractivity contribution in [1.82, 2.24) is 4.90 Å². The van der Waals surface area contributed by atoms with E-state index in [9.17, 15) is 0 Å². The minimum absolute atomic E-state index is 0.163. The van der Waals surface area contributed by atoms with Crippen LogP contribution < -0.4 is 0 Å². The van der Waals surface area contributed by atoms with Crippen LogP contribution in [0, 0.1) is 16.7 Å². The second kappa shape index (κ2) is 2.22. The Morgan fingerprint density at radius 2 is 1.73 bits per heavy atom. The summed E-state index contributed by atoms with van der Waals surface area (Å²) in [7, 11) is 3.97. The van der Waals surface area contributed by atoms with E-state index in [4.69, 9.17) is 5.26 Å². The van der Waals surface area contributed by atoms with Crippen LogP contribution in [0.15, 0.2) is 0 Å². The van der Waals surface area contributed by atoms with E-state index in [1.807, 2.05) is 19.0 Å². The van der Waals surface area contributed by atoms with Crippen LogP contribution in [0.4, 0.5) is 0 Å². The highest BCUT2D eigenvalue weighted by Crippen LogP contribution is 2.49. The van der Waals surface area contributed by atoms with Gasteiger partial charge in [0, 0.05) is 0 Å². The van der Waals surface area contributed by atoms with Crippen molar-refractivity contribution < 1.29 is 0 Å². The fourth-order valence-corrected chi connectivity index (χ4v) is 2.03. The maximum absolute atomic E-state index is 8.95. The summed E-state index contributed by atoms with van der Waals surface area (Å²) in [5.41, 5.74) is 0.212. The molecule has 0 atom stereocenters. The van der Waals surface area contributed by atoms with Gasteiger partial charge in [0.1, 0.15) is 5.54 Å². The summed E-state index contributed by atoms with van der Waals surface area (Å²) in [4.78, 5) is 2.04. The van der Waals surface area contributed by atoms with Crippen LogP contribution in [0.2, 0.25) is 0 Å². The van der Waals surface area contributed by atoms with Crippen LogP contribution in [0.3, 0.4) is 0 Å².